The molecule has 0 radical (unpaired) electrons. The Bertz CT molecular complexity index is 2630. The lowest BCUT2D eigenvalue weighted by Gasteiger charge is -2.44. The number of nitrogens with one attached hydrogen (secondary N) is 3. The molecule has 2 unspecified atom stereocenters. The van der Waals surface area contributed by atoms with Gasteiger partial charge in [0.25, 0.3) is 5.91 Å². The molecular formula is C49H62N11O6P. The lowest BCUT2D eigenvalue weighted by molar-refractivity contribution is -0.136. The predicted molar refractivity (Wildman–Crippen MR) is 258 cm³/mol. The molecule has 0 saturated carbocycles. The van der Waals surface area contributed by atoms with Gasteiger partial charge in [0.2, 0.25) is 17.8 Å². The zero-order valence-corrected chi connectivity index (χ0v) is 40.1. The van der Waals surface area contributed by atoms with Crippen molar-refractivity contribution in [1.82, 2.24) is 44.7 Å². The number of hydrogen-bond donors (Lipinski definition) is 3. The van der Waals surface area contributed by atoms with Gasteiger partial charge in [0.15, 0.2) is 0 Å². The van der Waals surface area contributed by atoms with Crippen molar-refractivity contribution in [3.05, 3.63) is 95.2 Å². The van der Waals surface area contributed by atoms with E-state index in [2.05, 4.69) is 48.7 Å². The standard InChI is InChI=1S/C49H62N11O6P/c1-6-32-28-39(52-49-50-30-35(37-18-19-56(2)55-37)46(54-49)51-38-11-7-8-13-44(38)67(4,5)64)43(65-3)29-41(32)59-20-16-33(17-21-59)58-24-22-57(23-25-58)26-27-66-42-12-9-10-34-36(42)31-60(48(34)63)40-14-15-45(61)53-47(40)62/h7-13,18-19,29-30,33,39-40H,6,14-17,20-28,31H2,1-5H3,(H,53,61,62)(H2,50,51,52,54). The smallest absolute Gasteiger partial charge is 0.255 e. The Morgan fingerprint density at radius 2 is 1.73 bits per heavy atom. The third-order valence-electron chi connectivity index (χ3n) is 13.8. The van der Waals surface area contributed by atoms with Gasteiger partial charge >= 0.3 is 0 Å². The fraction of sp³-hybridized carbons (Fsp3) is 0.469. The Morgan fingerprint density at radius 1 is 0.940 bits per heavy atom. The quantitative estimate of drug-likeness (QED) is 0.105. The molecule has 9 rings (SSSR count). The molecule has 3 N–H and O–H groups in total. The van der Waals surface area contributed by atoms with Crippen LogP contribution in [0.25, 0.3) is 11.3 Å². The van der Waals surface area contributed by atoms with Gasteiger partial charge in [0.05, 0.1) is 36.6 Å². The van der Waals surface area contributed by atoms with E-state index in [1.54, 1.807) is 42.3 Å². The summed E-state index contributed by atoms with van der Waals surface area (Å²) >= 11 is 0. The molecule has 6 heterocycles. The summed E-state index contributed by atoms with van der Waals surface area (Å²) in [5.74, 6) is 1.63. The number of nitrogens with zero attached hydrogens (tertiary/aromatic N) is 8. The summed E-state index contributed by atoms with van der Waals surface area (Å²) in [5.41, 5.74) is 6.18. The van der Waals surface area contributed by atoms with E-state index < -0.39 is 19.1 Å². The minimum atomic E-state index is -2.59. The first-order valence-corrected chi connectivity index (χ1v) is 26.1. The number of allylic oxidation sites excluding steroid dienone is 1. The summed E-state index contributed by atoms with van der Waals surface area (Å²) in [6, 6.07) is 14.8. The second-order valence-electron chi connectivity index (χ2n) is 18.4. The second-order valence-corrected chi connectivity index (χ2v) is 21.6. The maximum Gasteiger partial charge on any atom is 0.255 e. The van der Waals surface area contributed by atoms with E-state index in [1.807, 2.05) is 55.7 Å². The third-order valence-corrected chi connectivity index (χ3v) is 15.4. The van der Waals surface area contributed by atoms with Crippen LogP contribution in [-0.2, 0) is 32.5 Å². The first-order valence-electron chi connectivity index (χ1n) is 23.5. The Hall–Kier alpha value is -6.03. The highest BCUT2D eigenvalue weighted by molar-refractivity contribution is 7.70. The number of fused-ring (bicyclic) bond motifs is 1. The first kappa shape index (κ1) is 46.1. The average Bonchev–Trinajstić information content (AvgIpc) is 3.91. The molecule has 17 nitrogen and oxygen atoms in total. The third kappa shape index (κ3) is 10.00. The Balaban J connectivity index is 0.779. The van der Waals surface area contributed by atoms with E-state index >= 15 is 0 Å². The molecule has 0 bridgehead atoms. The molecule has 3 amide bonds. The van der Waals surface area contributed by atoms with Crippen LogP contribution in [0, 0.1) is 0 Å². The van der Waals surface area contributed by atoms with Gasteiger partial charge in [-0.2, -0.15) is 10.1 Å². The molecule has 0 spiro atoms. The van der Waals surface area contributed by atoms with Crippen LogP contribution in [-0.4, -0.2) is 148 Å². The van der Waals surface area contributed by atoms with Crippen LogP contribution in [0.15, 0.2) is 84.0 Å². The van der Waals surface area contributed by atoms with Crippen LogP contribution in [0.4, 0.5) is 17.5 Å². The van der Waals surface area contributed by atoms with Gasteiger partial charge < -0.3 is 34.5 Å². The van der Waals surface area contributed by atoms with Crippen molar-refractivity contribution < 1.29 is 28.4 Å². The van der Waals surface area contributed by atoms with Crippen LogP contribution >= 0.6 is 7.14 Å². The minimum absolute atomic E-state index is 0.164. The number of piperidine rings is 2. The number of aromatic nitrogens is 4. The number of aryl methyl sites for hydroxylation is 1. The fourth-order valence-corrected chi connectivity index (χ4v) is 11.3. The van der Waals surface area contributed by atoms with E-state index in [0.717, 1.165) is 105 Å². The molecular weight excluding hydrogens is 870 g/mol. The lowest BCUT2D eigenvalue weighted by atomic mass is 9.92. The number of piperazine rings is 1. The van der Waals surface area contributed by atoms with Crippen LogP contribution in [0.3, 0.4) is 0 Å². The van der Waals surface area contributed by atoms with E-state index in [-0.39, 0.29) is 24.3 Å². The number of amides is 3. The Morgan fingerprint density at radius 3 is 2.45 bits per heavy atom. The SMILES string of the molecule is CCC1=C(N2CCC(N3CCN(CCOc4cccc5c4CN(C4CCC(=O)NC4=O)C5=O)CC3)CC2)C=C(OC)C(Nc2ncc(-c3ccn(C)n3)c(Nc3ccccc3P(C)(C)=O)n2)C1. The number of hydrogen-bond acceptors (Lipinski definition) is 14. The molecule has 354 valence electrons. The van der Waals surface area contributed by atoms with Crippen molar-refractivity contribution in [1.29, 1.82) is 0 Å². The largest absolute Gasteiger partial charge is 0.499 e. The number of rotatable bonds is 15. The highest BCUT2D eigenvalue weighted by atomic mass is 31.2. The maximum atomic E-state index is 13.3. The number of carbonyl (C=O) groups is 3. The summed E-state index contributed by atoms with van der Waals surface area (Å²) in [6.07, 6.45) is 10.3. The lowest BCUT2D eigenvalue weighted by Crippen LogP contribution is -2.53. The average molecular weight is 932 g/mol. The summed E-state index contributed by atoms with van der Waals surface area (Å²) in [4.78, 5) is 56.5. The van der Waals surface area contributed by atoms with E-state index in [1.165, 1.54) is 11.3 Å². The molecule has 3 saturated heterocycles. The molecule has 5 aliphatic rings. The molecule has 3 fully saturated rings. The monoisotopic (exact) mass is 931 g/mol. The molecule has 2 aromatic carbocycles. The highest BCUT2D eigenvalue weighted by Crippen LogP contribution is 2.40. The molecule has 4 aromatic rings. The number of ether oxygens (including phenoxy) is 2. The van der Waals surface area contributed by atoms with Gasteiger partial charge in [0, 0.05) is 106 Å². The summed E-state index contributed by atoms with van der Waals surface area (Å²) < 4.78 is 27.4. The fourth-order valence-electron chi connectivity index (χ4n) is 10.2. The van der Waals surface area contributed by atoms with E-state index in [4.69, 9.17) is 19.4 Å². The number of likely N-dealkylation sites (tertiary alicyclic amines) is 1. The zero-order valence-electron chi connectivity index (χ0n) is 39.2. The van der Waals surface area contributed by atoms with E-state index in [0.29, 0.717) is 48.7 Å². The number of benzene rings is 2. The molecule has 2 aromatic heterocycles. The van der Waals surface area contributed by atoms with Gasteiger partial charge in [-0.25, -0.2) is 4.98 Å². The van der Waals surface area contributed by atoms with Gasteiger partial charge in [-0.1, -0.05) is 25.1 Å². The predicted octanol–water partition coefficient (Wildman–Crippen LogP) is 5.17. The number of methoxy groups -OCH3 is 1. The summed E-state index contributed by atoms with van der Waals surface area (Å²) in [6.45, 7) is 13.3. The van der Waals surface area contributed by atoms with Crippen molar-refractivity contribution in [2.75, 3.05) is 83.5 Å². The highest BCUT2D eigenvalue weighted by Gasteiger charge is 2.40. The summed E-state index contributed by atoms with van der Waals surface area (Å²) in [7, 11) is 1.01. The normalized spacial score (nSPS) is 21.0. The van der Waals surface area contributed by atoms with Crippen LogP contribution in [0.5, 0.6) is 5.75 Å². The van der Waals surface area contributed by atoms with Crippen molar-refractivity contribution in [3.63, 3.8) is 0 Å². The second kappa shape index (κ2) is 19.7. The maximum absolute atomic E-state index is 13.3. The van der Waals surface area contributed by atoms with Gasteiger partial charge in [0.1, 0.15) is 37.1 Å². The number of para-hydroxylation sites is 1. The van der Waals surface area contributed by atoms with Gasteiger partial charge in [-0.05, 0) is 81.3 Å². The Kier molecular flexibility index (Phi) is 13.5. The first-order chi connectivity index (χ1) is 32.4. The molecule has 1 aliphatic carbocycles. The Labute approximate surface area is 392 Å². The van der Waals surface area contributed by atoms with Crippen molar-refractivity contribution in [3.8, 4) is 17.0 Å². The number of carbonyl (C=O) groups excluding carboxylic acids is 3. The van der Waals surface area contributed by atoms with Crippen LogP contribution in [0.2, 0.25) is 0 Å². The topological polar surface area (TPSA) is 179 Å². The zero-order chi connectivity index (χ0) is 46.8. The van der Waals surface area contributed by atoms with Crippen LogP contribution in [0.1, 0.15) is 61.4 Å². The van der Waals surface area contributed by atoms with Crippen molar-refractivity contribution in [2.45, 2.75) is 70.1 Å². The molecule has 4 aliphatic heterocycles. The van der Waals surface area contributed by atoms with Gasteiger partial charge in [-0.15, -0.1) is 0 Å². The summed E-state index contributed by atoms with van der Waals surface area (Å²) in [5, 5.41) is 14.8. The molecule has 2 atom stereocenters. The van der Waals surface area contributed by atoms with E-state index in [9.17, 15) is 18.9 Å². The van der Waals surface area contributed by atoms with Crippen molar-refractivity contribution >= 4 is 47.6 Å². The number of imide groups is 1. The molecule has 18 heteroatoms. The van der Waals surface area contributed by atoms with Gasteiger partial charge in [-0.3, -0.25) is 34.2 Å². The van der Waals surface area contributed by atoms with Crippen molar-refractivity contribution in [2.24, 2.45) is 7.05 Å². The number of anilines is 3. The molecule has 67 heavy (non-hydrogen) atoms. The minimum Gasteiger partial charge on any atom is -0.499 e. The van der Waals surface area contributed by atoms with Crippen LogP contribution < -0.4 is 26.0 Å².